The van der Waals surface area contributed by atoms with E-state index in [0.717, 1.165) is 24.2 Å². The number of halogens is 1. The Kier molecular flexibility index (Phi) is 3.81. The van der Waals surface area contributed by atoms with E-state index < -0.39 is 18.4 Å². The molecule has 22 heavy (non-hydrogen) atoms. The molecule has 2 aromatic carbocycles. The van der Waals surface area contributed by atoms with Gasteiger partial charge in [-0.05, 0) is 47.5 Å². The van der Waals surface area contributed by atoms with Gasteiger partial charge in [-0.15, -0.1) is 0 Å². The summed E-state index contributed by atoms with van der Waals surface area (Å²) >= 11 is 0. The van der Waals surface area contributed by atoms with Crippen LogP contribution in [0.3, 0.4) is 0 Å². The van der Waals surface area contributed by atoms with Crippen molar-refractivity contribution in [2.45, 2.75) is 13.1 Å². The van der Waals surface area contributed by atoms with Crippen molar-refractivity contribution in [3.63, 3.8) is 0 Å². The summed E-state index contributed by atoms with van der Waals surface area (Å²) < 4.78 is 18.9. The van der Waals surface area contributed by atoms with E-state index in [0.29, 0.717) is 0 Å². The molecular formula is C17H16FNO3. The highest BCUT2D eigenvalue weighted by Gasteiger charge is 2.16. The van der Waals surface area contributed by atoms with E-state index in [-0.39, 0.29) is 5.75 Å². The average Bonchev–Trinajstić information content (AvgIpc) is 2.84. The molecule has 0 radical (unpaired) electrons. The number of aliphatic carboxylic acids is 1. The molecule has 3 rings (SSSR count). The molecule has 0 bridgehead atoms. The van der Waals surface area contributed by atoms with Crippen LogP contribution in [-0.4, -0.2) is 29.6 Å². The highest BCUT2D eigenvalue weighted by molar-refractivity contribution is 5.69. The maximum absolute atomic E-state index is 14.0. The van der Waals surface area contributed by atoms with E-state index in [2.05, 4.69) is 24.1 Å². The first kappa shape index (κ1) is 14.5. The van der Waals surface area contributed by atoms with Gasteiger partial charge in [0.25, 0.3) is 0 Å². The Bertz CT molecular complexity index is 730. The Morgan fingerprint density at radius 2 is 1.86 bits per heavy atom. The van der Waals surface area contributed by atoms with Gasteiger partial charge in [-0.25, -0.2) is 9.18 Å². The number of fused-ring (bicyclic) bond motifs is 1. The molecule has 0 saturated heterocycles. The summed E-state index contributed by atoms with van der Waals surface area (Å²) in [5, 5.41) is 8.56. The first-order valence-electron chi connectivity index (χ1n) is 6.98. The van der Waals surface area contributed by atoms with Gasteiger partial charge in [-0.2, -0.15) is 0 Å². The lowest BCUT2D eigenvalue weighted by atomic mass is 10.0. The van der Waals surface area contributed by atoms with Gasteiger partial charge >= 0.3 is 5.97 Å². The van der Waals surface area contributed by atoms with Crippen molar-refractivity contribution in [2.24, 2.45) is 0 Å². The predicted molar refractivity (Wildman–Crippen MR) is 80.1 cm³/mol. The van der Waals surface area contributed by atoms with Gasteiger partial charge in [-0.3, -0.25) is 4.90 Å². The second kappa shape index (κ2) is 5.77. The van der Waals surface area contributed by atoms with Gasteiger partial charge in [-0.1, -0.05) is 18.2 Å². The fourth-order valence-corrected chi connectivity index (χ4v) is 2.68. The standard InChI is InChI=1S/C17H16FNO3/c1-19-8-13-3-2-11(6-14(13)9-19)12-4-5-16(15(18)7-12)22-10-17(20)21/h2-7H,8-10H2,1H3,(H,20,21). The monoisotopic (exact) mass is 301 g/mol. The van der Waals surface area contributed by atoms with Crippen molar-refractivity contribution in [2.75, 3.05) is 13.7 Å². The third kappa shape index (κ3) is 2.94. The Balaban J connectivity index is 1.85. The normalized spacial score (nSPS) is 13.9. The topological polar surface area (TPSA) is 49.8 Å². The van der Waals surface area contributed by atoms with Crippen LogP contribution in [-0.2, 0) is 17.9 Å². The minimum atomic E-state index is -1.13. The molecule has 0 saturated carbocycles. The quantitative estimate of drug-likeness (QED) is 0.943. The molecule has 4 nitrogen and oxygen atoms in total. The van der Waals surface area contributed by atoms with Gasteiger partial charge in [0.2, 0.25) is 0 Å². The molecule has 0 unspecified atom stereocenters. The van der Waals surface area contributed by atoms with E-state index >= 15 is 0 Å². The molecular weight excluding hydrogens is 285 g/mol. The first-order chi connectivity index (χ1) is 10.5. The summed E-state index contributed by atoms with van der Waals surface area (Å²) in [6.07, 6.45) is 0. The van der Waals surface area contributed by atoms with Crippen LogP contribution < -0.4 is 4.74 Å². The first-order valence-corrected chi connectivity index (χ1v) is 6.98. The Morgan fingerprint density at radius 3 is 2.59 bits per heavy atom. The summed E-state index contributed by atoms with van der Waals surface area (Å²) in [4.78, 5) is 12.7. The largest absolute Gasteiger partial charge is 0.479 e. The average molecular weight is 301 g/mol. The number of carbonyl (C=O) groups is 1. The van der Waals surface area contributed by atoms with Crippen molar-refractivity contribution < 1.29 is 19.0 Å². The van der Waals surface area contributed by atoms with Gasteiger partial charge < -0.3 is 9.84 Å². The zero-order valence-electron chi connectivity index (χ0n) is 12.2. The second-order valence-electron chi connectivity index (χ2n) is 5.48. The smallest absolute Gasteiger partial charge is 0.341 e. The molecule has 1 aliphatic rings. The zero-order valence-corrected chi connectivity index (χ0v) is 12.2. The fraction of sp³-hybridized carbons (Fsp3) is 0.235. The fourth-order valence-electron chi connectivity index (χ4n) is 2.68. The van der Waals surface area contributed by atoms with Crippen LogP contribution >= 0.6 is 0 Å². The van der Waals surface area contributed by atoms with Crippen LogP contribution in [0.1, 0.15) is 11.1 Å². The number of hydrogen-bond acceptors (Lipinski definition) is 3. The summed E-state index contributed by atoms with van der Waals surface area (Å²) in [6, 6.07) is 10.7. The minimum Gasteiger partial charge on any atom is -0.479 e. The Morgan fingerprint density at radius 1 is 1.18 bits per heavy atom. The van der Waals surface area contributed by atoms with E-state index in [1.54, 1.807) is 6.07 Å². The third-order valence-electron chi connectivity index (χ3n) is 3.70. The SMILES string of the molecule is CN1Cc2ccc(-c3ccc(OCC(=O)O)c(F)c3)cc2C1. The molecule has 0 atom stereocenters. The molecule has 1 heterocycles. The van der Waals surface area contributed by atoms with Crippen LogP contribution in [0.15, 0.2) is 36.4 Å². The predicted octanol–water partition coefficient (Wildman–Crippen LogP) is 2.90. The number of benzene rings is 2. The van der Waals surface area contributed by atoms with Gasteiger partial charge in [0.1, 0.15) is 0 Å². The van der Waals surface area contributed by atoms with Crippen molar-refractivity contribution in [3.05, 3.63) is 53.3 Å². The third-order valence-corrected chi connectivity index (χ3v) is 3.70. The summed E-state index contributed by atoms with van der Waals surface area (Å²) in [5.74, 6) is -1.74. The maximum Gasteiger partial charge on any atom is 0.341 e. The second-order valence-corrected chi connectivity index (χ2v) is 5.48. The molecule has 1 aliphatic heterocycles. The number of ether oxygens (including phenoxy) is 1. The van der Waals surface area contributed by atoms with Crippen molar-refractivity contribution >= 4 is 5.97 Å². The van der Waals surface area contributed by atoms with Crippen molar-refractivity contribution in [3.8, 4) is 16.9 Å². The number of carboxylic acids is 1. The van der Waals surface area contributed by atoms with Crippen LogP contribution in [0.4, 0.5) is 4.39 Å². The maximum atomic E-state index is 14.0. The number of nitrogens with zero attached hydrogens (tertiary/aromatic N) is 1. The molecule has 0 amide bonds. The van der Waals surface area contributed by atoms with Crippen LogP contribution in [0.25, 0.3) is 11.1 Å². The molecule has 5 heteroatoms. The van der Waals surface area contributed by atoms with E-state index in [4.69, 9.17) is 9.84 Å². The Hall–Kier alpha value is -2.40. The molecule has 0 spiro atoms. The molecule has 0 fully saturated rings. The lowest BCUT2D eigenvalue weighted by Gasteiger charge is -2.08. The van der Waals surface area contributed by atoms with Crippen molar-refractivity contribution in [1.82, 2.24) is 4.90 Å². The number of rotatable bonds is 4. The van der Waals surface area contributed by atoms with Crippen LogP contribution in [0.5, 0.6) is 5.75 Å². The zero-order chi connectivity index (χ0) is 15.7. The highest BCUT2D eigenvalue weighted by atomic mass is 19.1. The summed E-state index contributed by atoms with van der Waals surface area (Å²) in [5.41, 5.74) is 4.25. The molecule has 1 N–H and O–H groups in total. The molecule has 2 aromatic rings. The minimum absolute atomic E-state index is 0.0490. The lowest BCUT2D eigenvalue weighted by molar-refractivity contribution is -0.139. The van der Waals surface area contributed by atoms with Crippen LogP contribution in [0, 0.1) is 5.82 Å². The molecule has 0 aliphatic carbocycles. The van der Waals surface area contributed by atoms with Crippen molar-refractivity contribution in [1.29, 1.82) is 0 Å². The lowest BCUT2D eigenvalue weighted by Crippen LogP contribution is -2.10. The number of carboxylic acid groups (broad SMARTS) is 1. The number of hydrogen-bond donors (Lipinski definition) is 1. The molecule has 114 valence electrons. The Labute approximate surface area is 127 Å². The molecule has 0 aromatic heterocycles. The van der Waals surface area contributed by atoms with E-state index in [9.17, 15) is 9.18 Å². The van der Waals surface area contributed by atoms with Crippen LogP contribution in [0.2, 0.25) is 0 Å². The van der Waals surface area contributed by atoms with Gasteiger partial charge in [0, 0.05) is 13.1 Å². The summed E-state index contributed by atoms with van der Waals surface area (Å²) in [7, 11) is 2.06. The van der Waals surface area contributed by atoms with Gasteiger partial charge in [0.15, 0.2) is 18.2 Å². The van der Waals surface area contributed by atoms with E-state index in [1.807, 2.05) is 6.07 Å². The van der Waals surface area contributed by atoms with E-state index in [1.165, 1.54) is 23.3 Å². The summed E-state index contributed by atoms with van der Waals surface area (Å²) in [6.45, 7) is 1.28. The highest BCUT2D eigenvalue weighted by Crippen LogP contribution is 2.30. The van der Waals surface area contributed by atoms with Gasteiger partial charge in [0.05, 0.1) is 0 Å².